The smallest absolute Gasteiger partial charge is 0.324 e. The highest BCUT2D eigenvalue weighted by molar-refractivity contribution is 6.03. The zero-order valence-corrected chi connectivity index (χ0v) is 28.3. The molecule has 0 atom stereocenters. The summed E-state index contributed by atoms with van der Waals surface area (Å²) in [6.07, 6.45) is 6.73. The summed E-state index contributed by atoms with van der Waals surface area (Å²) in [5.41, 5.74) is 4.90. The van der Waals surface area contributed by atoms with Gasteiger partial charge in [-0.15, -0.1) is 0 Å². The Morgan fingerprint density at radius 3 is 1.77 bits per heavy atom. The van der Waals surface area contributed by atoms with Crippen LogP contribution in [-0.4, -0.2) is 80.6 Å². The molecule has 4 aromatic heterocycles. The van der Waals surface area contributed by atoms with Gasteiger partial charge in [-0.25, -0.2) is 18.4 Å². The molecular formula is C36H36F2N12O2. The molecule has 0 spiro atoms. The lowest BCUT2D eigenvalue weighted by Crippen LogP contribution is -2.44. The summed E-state index contributed by atoms with van der Waals surface area (Å²) in [5, 5.41) is 25.0. The van der Waals surface area contributed by atoms with E-state index in [4.69, 9.17) is 0 Å². The molecule has 1 saturated heterocycles. The Morgan fingerprint density at radius 2 is 1.21 bits per heavy atom. The van der Waals surface area contributed by atoms with Crippen LogP contribution in [0.25, 0.3) is 22.3 Å². The molecule has 0 saturated carbocycles. The van der Waals surface area contributed by atoms with Gasteiger partial charge in [-0.2, -0.15) is 10.2 Å². The number of pyridine rings is 2. The number of H-pyrrole nitrogens is 2. The first-order chi connectivity index (χ1) is 25.2. The Balaban J connectivity index is 0.000000183. The molecule has 4 amide bonds. The van der Waals surface area contributed by atoms with E-state index in [1.54, 1.807) is 36.9 Å². The highest BCUT2D eigenvalue weighted by Gasteiger charge is 2.24. The van der Waals surface area contributed by atoms with Crippen molar-refractivity contribution in [2.45, 2.75) is 6.92 Å². The van der Waals surface area contributed by atoms with Crippen LogP contribution in [0.4, 0.5) is 47.2 Å². The Bertz CT molecular complexity index is 2120. The van der Waals surface area contributed by atoms with Crippen LogP contribution < -0.4 is 26.2 Å². The minimum Gasteiger partial charge on any atom is -0.352 e. The largest absolute Gasteiger partial charge is 0.352 e. The second kappa shape index (κ2) is 16.4. The van der Waals surface area contributed by atoms with Crippen LogP contribution >= 0.6 is 0 Å². The van der Waals surface area contributed by atoms with E-state index in [9.17, 15) is 18.4 Å². The second-order valence-corrected chi connectivity index (χ2v) is 11.8. The van der Waals surface area contributed by atoms with Gasteiger partial charge in [0.15, 0.2) is 11.6 Å². The molecule has 5 heterocycles. The number of aryl methyl sites for hydroxylation is 1. The lowest BCUT2D eigenvalue weighted by molar-refractivity contribution is 0.261. The third-order valence-electron chi connectivity index (χ3n) is 8.07. The molecule has 16 heteroatoms. The molecule has 0 unspecified atom stereocenters. The molecular weight excluding hydrogens is 670 g/mol. The summed E-state index contributed by atoms with van der Waals surface area (Å²) >= 11 is 0. The van der Waals surface area contributed by atoms with Crippen LogP contribution in [0.5, 0.6) is 0 Å². The van der Waals surface area contributed by atoms with Gasteiger partial charge in [-0.3, -0.25) is 30.8 Å². The number of amides is 4. The van der Waals surface area contributed by atoms with E-state index in [2.05, 4.69) is 68.5 Å². The molecule has 266 valence electrons. The van der Waals surface area contributed by atoms with Crippen molar-refractivity contribution >= 4 is 40.9 Å². The van der Waals surface area contributed by atoms with Gasteiger partial charge in [0.05, 0.1) is 5.56 Å². The quantitative estimate of drug-likeness (QED) is 0.108. The lowest BCUT2D eigenvalue weighted by atomic mass is 10.1. The summed E-state index contributed by atoms with van der Waals surface area (Å²) in [4.78, 5) is 37.1. The number of hydrogen-bond donors (Lipinski definition) is 6. The van der Waals surface area contributed by atoms with E-state index >= 15 is 0 Å². The number of nitrogens with one attached hydrogen (secondary N) is 6. The average Bonchev–Trinajstić information content (AvgIpc) is 3.72. The van der Waals surface area contributed by atoms with Crippen molar-refractivity contribution in [3.05, 3.63) is 115 Å². The number of nitrogens with zero attached hydrogens (tertiary/aromatic N) is 6. The van der Waals surface area contributed by atoms with Crippen molar-refractivity contribution in [1.82, 2.24) is 35.3 Å². The molecule has 6 aromatic rings. The van der Waals surface area contributed by atoms with Crippen LogP contribution in [-0.2, 0) is 0 Å². The molecule has 6 N–H and O–H groups in total. The van der Waals surface area contributed by atoms with Crippen LogP contribution in [0.1, 0.15) is 5.69 Å². The van der Waals surface area contributed by atoms with Gasteiger partial charge in [-0.05, 0) is 85.8 Å². The number of aromatic amines is 2. The SMILES string of the molecule is CN1CCN(c2n[nH]c(NC(=O)Nc3cccc(F)c3)c2-c2ccncc2)CC1.Cc1[nH]nc(NC(=O)Nc2cccc(F)c2)c1-c1ccncc1. The van der Waals surface area contributed by atoms with Gasteiger partial charge in [0, 0.05) is 73.6 Å². The van der Waals surface area contributed by atoms with Crippen LogP contribution in [0.3, 0.4) is 0 Å². The number of benzene rings is 2. The van der Waals surface area contributed by atoms with Crippen molar-refractivity contribution < 1.29 is 18.4 Å². The molecule has 0 bridgehead atoms. The van der Waals surface area contributed by atoms with Gasteiger partial charge in [0.2, 0.25) is 0 Å². The summed E-state index contributed by atoms with van der Waals surface area (Å²) in [7, 11) is 2.09. The standard InChI is InChI=1S/C20H22FN7O.C16H14FN5O/c1-27-9-11-28(12-10-27)19-17(14-5-7-22-8-6-14)18(25-26-19)24-20(29)23-16-4-2-3-15(21)13-16;1-10-14(11-5-7-18-8-6-11)15(22-21-10)20-16(23)19-13-4-2-3-12(17)9-13/h2-8,13H,9-12H2,1H3,(H3,23,24,25,26,29);2-9H,1H3,(H3,19,20,21,22,23). The highest BCUT2D eigenvalue weighted by Crippen LogP contribution is 2.36. The maximum absolute atomic E-state index is 13.4. The Hall–Kier alpha value is -6.68. The fraction of sp³-hybridized carbons (Fsp3) is 0.167. The third kappa shape index (κ3) is 8.91. The van der Waals surface area contributed by atoms with E-state index in [1.165, 1.54) is 36.4 Å². The maximum atomic E-state index is 13.4. The van der Waals surface area contributed by atoms with E-state index < -0.39 is 23.7 Å². The number of aromatic nitrogens is 6. The van der Waals surface area contributed by atoms with Crippen molar-refractivity contribution in [2.75, 3.05) is 59.4 Å². The number of carbonyl (C=O) groups excluding carboxylic acids is 2. The van der Waals surface area contributed by atoms with Crippen molar-refractivity contribution in [2.24, 2.45) is 0 Å². The van der Waals surface area contributed by atoms with E-state index in [0.29, 0.717) is 23.0 Å². The van der Waals surface area contributed by atoms with Crippen LogP contribution in [0.15, 0.2) is 97.6 Å². The van der Waals surface area contributed by atoms with Crippen molar-refractivity contribution in [3.8, 4) is 22.3 Å². The van der Waals surface area contributed by atoms with Crippen molar-refractivity contribution in [3.63, 3.8) is 0 Å². The number of piperazine rings is 1. The number of anilines is 5. The molecule has 2 aromatic carbocycles. The Morgan fingerprint density at radius 1 is 0.673 bits per heavy atom. The third-order valence-corrected chi connectivity index (χ3v) is 8.07. The summed E-state index contributed by atoms with van der Waals surface area (Å²) in [5.74, 6) is 0.807. The Labute approximate surface area is 297 Å². The predicted octanol–water partition coefficient (Wildman–Crippen LogP) is 6.57. The first-order valence-corrected chi connectivity index (χ1v) is 16.3. The van der Waals surface area contributed by atoms with Gasteiger partial charge in [0.1, 0.15) is 17.5 Å². The number of rotatable bonds is 7. The molecule has 1 fully saturated rings. The zero-order valence-electron chi connectivity index (χ0n) is 28.3. The maximum Gasteiger partial charge on any atom is 0.324 e. The van der Waals surface area contributed by atoms with Gasteiger partial charge in [0.25, 0.3) is 0 Å². The first kappa shape index (κ1) is 35.2. The lowest BCUT2D eigenvalue weighted by Gasteiger charge is -2.33. The van der Waals surface area contributed by atoms with Gasteiger partial charge in [-0.1, -0.05) is 12.1 Å². The summed E-state index contributed by atoms with van der Waals surface area (Å²) < 4.78 is 26.5. The van der Waals surface area contributed by atoms with Crippen LogP contribution in [0.2, 0.25) is 0 Å². The summed E-state index contributed by atoms with van der Waals surface area (Å²) in [6, 6.07) is 17.8. The molecule has 0 radical (unpaired) electrons. The molecule has 14 nitrogen and oxygen atoms in total. The molecule has 1 aliphatic heterocycles. The number of carbonyl (C=O) groups is 2. The van der Waals surface area contributed by atoms with Gasteiger partial charge < -0.3 is 20.4 Å². The minimum atomic E-state index is -0.502. The highest BCUT2D eigenvalue weighted by atomic mass is 19.1. The molecule has 0 aliphatic carbocycles. The zero-order chi connectivity index (χ0) is 36.5. The number of hydrogen-bond acceptors (Lipinski definition) is 8. The Kier molecular flexibility index (Phi) is 11.1. The van der Waals surface area contributed by atoms with E-state index in [-0.39, 0.29) is 0 Å². The number of halogens is 2. The number of urea groups is 2. The molecule has 7 rings (SSSR count). The average molecular weight is 707 g/mol. The topological polar surface area (TPSA) is 172 Å². The summed E-state index contributed by atoms with van der Waals surface area (Å²) in [6.45, 7) is 5.41. The fourth-order valence-electron chi connectivity index (χ4n) is 5.53. The van der Waals surface area contributed by atoms with E-state index in [0.717, 1.165) is 59.9 Å². The van der Waals surface area contributed by atoms with Crippen LogP contribution in [0, 0.1) is 18.6 Å². The molecule has 52 heavy (non-hydrogen) atoms. The predicted molar refractivity (Wildman–Crippen MR) is 196 cm³/mol. The second-order valence-electron chi connectivity index (χ2n) is 11.8. The fourth-order valence-corrected chi connectivity index (χ4v) is 5.53. The monoisotopic (exact) mass is 706 g/mol. The first-order valence-electron chi connectivity index (χ1n) is 16.3. The van der Waals surface area contributed by atoms with E-state index in [1.807, 2.05) is 31.2 Å². The minimum absolute atomic E-state index is 0.361. The molecule has 1 aliphatic rings. The van der Waals surface area contributed by atoms with Crippen molar-refractivity contribution in [1.29, 1.82) is 0 Å². The normalized spacial score (nSPS) is 12.7. The number of likely N-dealkylation sites (N-methyl/N-ethyl adjacent to an activating group) is 1. The van der Waals surface area contributed by atoms with Gasteiger partial charge >= 0.3 is 12.1 Å².